The molecule has 0 saturated carbocycles. The molecule has 1 unspecified atom stereocenters. The van der Waals surface area contributed by atoms with Crippen molar-refractivity contribution in [1.82, 2.24) is 0 Å². The van der Waals surface area contributed by atoms with Gasteiger partial charge in [0.1, 0.15) is 5.82 Å². The summed E-state index contributed by atoms with van der Waals surface area (Å²) in [6, 6.07) is 2.67. The van der Waals surface area contributed by atoms with Crippen molar-refractivity contribution in [2.45, 2.75) is 18.2 Å². The summed E-state index contributed by atoms with van der Waals surface area (Å²) in [6.45, 7) is 2.82. The van der Waals surface area contributed by atoms with Crippen LogP contribution in [0.15, 0.2) is 16.6 Å². The number of nitrogens with zero attached hydrogens (tertiary/aromatic N) is 1. The van der Waals surface area contributed by atoms with Crippen molar-refractivity contribution in [2.24, 2.45) is 0 Å². The molecule has 3 nitrogen and oxygen atoms in total. The lowest BCUT2D eigenvalue weighted by Gasteiger charge is -2.20. The zero-order valence-corrected chi connectivity index (χ0v) is 12.9. The van der Waals surface area contributed by atoms with Crippen LogP contribution in [0.5, 0.6) is 5.75 Å². The predicted octanol–water partition coefficient (Wildman–Crippen LogP) is 3.49. The van der Waals surface area contributed by atoms with E-state index < -0.39 is 5.82 Å². The molecule has 2 rings (SSSR count). The number of ether oxygens (including phenoxy) is 1. The lowest BCUT2D eigenvalue weighted by molar-refractivity contribution is -0.117. The van der Waals surface area contributed by atoms with Crippen LogP contribution >= 0.6 is 31.9 Å². The first kappa shape index (κ1) is 13.8. The summed E-state index contributed by atoms with van der Waals surface area (Å²) in [7, 11) is 0. The molecule has 98 valence electrons. The van der Waals surface area contributed by atoms with Crippen LogP contribution in [-0.2, 0) is 4.79 Å². The summed E-state index contributed by atoms with van der Waals surface area (Å²) in [5.74, 6) is 0.0790. The van der Waals surface area contributed by atoms with Crippen molar-refractivity contribution in [1.29, 1.82) is 0 Å². The van der Waals surface area contributed by atoms with Gasteiger partial charge in [0.05, 0.1) is 16.8 Å². The second-order valence-electron chi connectivity index (χ2n) is 3.97. The molecule has 1 atom stereocenters. The van der Waals surface area contributed by atoms with Gasteiger partial charge in [-0.3, -0.25) is 4.79 Å². The van der Waals surface area contributed by atoms with Gasteiger partial charge in [0.2, 0.25) is 5.91 Å². The van der Waals surface area contributed by atoms with Gasteiger partial charge in [-0.05, 0) is 28.9 Å². The van der Waals surface area contributed by atoms with E-state index in [1.54, 1.807) is 4.90 Å². The van der Waals surface area contributed by atoms with E-state index in [0.717, 1.165) is 0 Å². The third kappa shape index (κ3) is 2.69. The minimum Gasteiger partial charge on any atom is -0.490 e. The Hall–Kier alpha value is -0.620. The Morgan fingerprint density at radius 3 is 2.83 bits per heavy atom. The van der Waals surface area contributed by atoms with E-state index in [1.807, 2.05) is 6.92 Å². The molecule has 1 aliphatic rings. The van der Waals surface area contributed by atoms with Crippen LogP contribution in [0, 0.1) is 5.82 Å². The topological polar surface area (TPSA) is 29.5 Å². The molecule has 1 aromatic carbocycles. The Morgan fingerprint density at radius 1 is 1.56 bits per heavy atom. The highest BCUT2D eigenvalue weighted by Crippen LogP contribution is 2.39. The minimum atomic E-state index is -0.397. The van der Waals surface area contributed by atoms with Crippen LogP contribution < -0.4 is 9.64 Å². The van der Waals surface area contributed by atoms with Crippen molar-refractivity contribution in [3.05, 3.63) is 22.4 Å². The molecule has 0 N–H and O–H groups in total. The zero-order valence-electron chi connectivity index (χ0n) is 9.75. The van der Waals surface area contributed by atoms with Crippen molar-refractivity contribution < 1.29 is 13.9 Å². The number of carbonyl (C=O) groups excluding carboxylic acids is 1. The van der Waals surface area contributed by atoms with Gasteiger partial charge >= 0.3 is 0 Å². The highest BCUT2D eigenvalue weighted by Gasteiger charge is 2.31. The molecule has 0 bridgehead atoms. The van der Waals surface area contributed by atoms with Gasteiger partial charge in [0.25, 0.3) is 0 Å². The summed E-state index contributed by atoms with van der Waals surface area (Å²) in [6.07, 6.45) is 0.416. The fourth-order valence-corrected chi connectivity index (χ4v) is 3.03. The van der Waals surface area contributed by atoms with Crippen molar-refractivity contribution in [3.63, 3.8) is 0 Å². The molecule has 1 amide bonds. The van der Waals surface area contributed by atoms with Gasteiger partial charge < -0.3 is 9.64 Å². The third-order valence-electron chi connectivity index (χ3n) is 2.65. The molecule has 0 radical (unpaired) electrons. The molecule has 0 spiro atoms. The Kier molecular flexibility index (Phi) is 4.27. The lowest BCUT2D eigenvalue weighted by Crippen LogP contribution is -2.25. The second kappa shape index (κ2) is 5.57. The van der Waals surface area contributed by atoms with Crippen LogP contribution in [0.25, 0.3) is 0 Å². The van der Waals surface area contributed by atoms with Crippen LogP contribution in [0.1, 0.15) is 13.3 Å². The standard InChI is InChI=1S/C12H12Br2FNO2/c1-2-18-12-9(14)4-8(15)5-10(12)16-6-7(13)3-11(16)17/h4-5,7H,2-3,6H2,1H3. The molecule has 1 aromatic rings. The SMILES string of the molecule is CCOc1c(Br)cc(F)cc1N1CC(Br)CC1=O. The largest absolute Gasteiger partial charge is 0.490 e. The zero-order chi connectivity index (χ0) is 13.3. The number of halogens is 3. The maximum atomic E-state index is 13.5. The average molecular weight is 381 g/mol. The summed E-state index contributed by atoms with van der Waals surface area (Å²) >= 11 is 6.67. The van der Waals surface area contributed by atoms with E-state index in [9.17, 15) is 9.18 Å². The third-order valence-corrected chi connectivity index (χ3v) is 3.85. The molecular weight excluding hydrogens is 369 g/mol. The number of anilines is 1. The maximum absolute atomic E-state index is 13.5. The summed E-state index contributed by atoms with van der Waals surface area (Å²) in [5.41, 5.74) is 0.482. The average Bonchev–Trinajstić information content (AvgIpc) is 2.61. The summed E-state index contributed by atoms with van der Waals surface area (Å²) in [5, 5.41) is 0. The monoisotopic (exact) mass is 379 g/mol. The molecule has 1 aliphatic heterocycles. The van der Waals surface area contributed by atoms with Crippen LogP contribution in [-0.4, -0.2) is 23.9 Å². The van der Waals surface area contributed by atoms with Gasteiger partial charge in [0, 0.05) is 23.9 Å². The normalized spacial score (nSPS) is 19.4. The maximum Gasteiger partial charge on any atom is 0.228 e. The number of amides is 1. The summed E-state index contributed by atoms with van der Waals surface area (Å²) in [4.78, 5) is 13.5. The van der Waals surface area contributed by atoms with E-state index in [0.29, 0.717) is 35.5 Å². The van der Waals surface area contributed by atoms with Crippen LogP contribution in [0.2, 0.25) is 0 Å². The minimum absolute atomic E-state index is 0.0321. The highest BCUT2D eigenvalue weighted by atomic mass is 79.9. The molecule has 18 heavy (non-hydrogen) atoms. The molecule has 0 aromatic heterocycles. The van der Waals surface area contributed by atoms with Gasteiger partial charge in [-0.2, -0.15) is 0 Å². The Bertz CT molecular complexity index is 481. The highest BCUT2D eigenvalue weighted by molar-refractivity contribution is 9.10. The molecule has 6 heteroatoms. The molecule has 1 heterocycles. The van der Waals surface area contributed by atoms with Gasteiger partial charge in [-0.25, -0.2) is 4.39 Å². The number of alkyl halides is 1. The number of benzene rings is 1. The van der Waals surface area contributed by atoms with E-state index in [2.05, 4.69) is 31.9 Å². The molecular formula is C12H12Br2FNO2. The van der Waals surface area contributed by atoms with E-state index in [-0.39, 0.29) is 10.7 Å². The van der Waals surface area contributed by atoms with E-state index in [4.69, 9.17) is 4.74 Å². The fraction of sp³-hybridized carbons (Fsp3) is 0.417. The van der Waals surface area contributed by atoms with Crippen LogP contribution in [0.3, 0.4) is 0 Å². The van der Waals surface area contributed by atoms with Crippen molar-refractivity contribution in [2.75, 3.05) is 18.1 Å². The fourth-order valence-electron chi connectivity index (χ4n) is 1.93. The Balaban J connectivity index is 2.45. The predicted molar refractivity (Wildman–Crippen MR) is 75.0 cm³/mol. The Morgan fingerprint density at radius 2 is 2.28 bits per heavy atom. The van der Waals surface area contributed by atoms with Gasteiger partial charge in [-0.1, -0.05) is 15.9 Å². The first-order valence-electron chi connectivity index (χ1n) is 5.59. The quantitative estimate of drug-likeness (QED) is 0.751. The first-order valence-corrected chi connectivity index (χ1v) is 7.30. The Labute approximate surface area is 122 Å². The number of rotatable bonds is 3. The van der Waals surface area contributed by atoms with Gasteiger partial charge in [0.15, 0.2) is 5.75 Å². The number of hydrogen-bond acceptors (Lipinski definition) is 2. The first-order chi connectivity index (χ1) is 8.52. The lowest BCUT2D eigenvalue weighted by atomic mass is 10.2. The van der Waals surface area contributed by atoms with Crippen molar-refractivity contribution in [3.8, 4) is 5.75 Å². The molecule has 1 fully saturated rings. The molecule has 0 aliphatic carbocycles. The summed E-state index contributed by atoms with van der Waals surface area (Å²) < 4.78 is 19.5. The van der Waals surface area contributed by atoms with Gasteiger partial charge in [-0.15, -0.1) is 0 Å². The number of carbonyl (C=O) groups is 1. The van der Waals surface area contributed by atoms with Crippen LogP contribution in [0.4, 0.5) is 10.1 Å². The second-order valence-corrected chi connectivity index (χ2v) is 6.12. The van der Waals surface area contributed by atoms with Crippen molar-refractivity contribution >= 4 is 43.5 Å². The smallest absolute Gasteiger partial charge is 0.228 e. The van der Waals surface area contributed by atoms with E-state index in [1.165, 1.54) is 12.1 Å². The number of hydrogen-bond donors (Lipinski definition) is 0. The van der Waals surface area contributed by atoms with E-state index >= 15 is 0 Å². The molecule has 1 saturated heterocycles.